The Labute approximate surface area is 127 Å². The van der Waals surface area contributed by atoms with Crippen molar-refractivity contribution in [1.82, 2.24) is 29.5 Å². The van der Waals surface area contributed by atoms with Crippen molar-refractivity contribution < 1.29 is 4.79 Å². The SMILES string of the molecule is Cn1cnn(CC(=O)N2CCNCC2c2ccncc2)c1=O. The number of pyridine rings is 1. The van der Waals surface area contributed by atoms with Crippen molar-refractivity contribution in [3.63, 3.8) is 0 Å². The fourth-order valence-electron chi connectivity index (χ4n) is 2.63. The van der Waals surface area contributed by atoms with Crippen molar-refractivity contribution >= 4 is 5.91 Å². The van der Waals surface area contributed by atoms with Crippen LogP contribution >= 0.6 is 0 Å². The van der Waals surface area contributed by atoms with Crippen molar-refractivity contribution in [2.24, 2.45) is 7.05 Å². The second-order valence-corrected chi connectivity index (χ2v) is 5.27. The van der Waals surface area contributed by atoms with E-state index in [-0.39, 0.29) is 24.2 Å². The first-order valence-corrected chi connectivity index (χ1v) is 7.15. The summed E-state index contributed by atoms with van der Waals surface area (Å²) < 4.78 is 2.54. The Kier molecular flexibility index (Phi) is 4.01. The van der Waals surface area contributed by atoms with Crippen LogP contribution in [0.2, 0.25) is 0 Å². The second kappa shape index (κ2) is 6.10. The number of rotatable bonds is 3. The van der Waals surface area contributed by atoms with Crippen molar-refractivity contribution in [3.05, 3.63) is 46.9 Å². The summed E-state index contributed by atoms with van der Waals surface area (Å²) in [5, 5.41) is 7.24. The highest BCUT2D eigenvalue weighted by Crippen LogP contribution is 2.21. The lowest BCUT2D eigenvalue weighted by molar-refractivity contribution is -0.135. The number of nitrogens with one attached hydrogen (secondary N) is 1. The molecule has 0 radical (unpaired) electrons. The molecule has 0 spiro atoms. The summed E-state index contributed by atoms with van der Waals surface area (Å²) in [6, 6.07) is 3.76. The van der Waals surface area contributed by atoms with Gasteiger partial charge in [-0.05, 0) is 17.7 Å². The molecule has 1 fully saturated rings. The van der Waals surface area contributed by atoms with Crippen LogP contribution in [0.25, 0.3) is 0 Å². The van der Waals surface area contributed by atoms with Crippen LogP contribution in [0.4, 0.5) is 0 Å². The third-order valence-electron chi connectivity index (χ3n) is 3.83. The largest absolute Gasteiger partial charge is 0.345 e. The number of aryl methyl sites for hydroxylation is 1. The van der Waals surface area contributed by atoms with E-state index in [0.717, 1.165) is 12.1 Å². The van der Waals surface area contributed by atoms with Gasteiger partial charge in [-0.2, -0.15) is 5.10 Å². The normalized spacial score (nSPS) is 18.4. The fourth-order valence-corrected chi connectivity index (χ4v) is 2.63. The summed E-state index contributed by atoms with van der Waals surface area (Å²) in [7, 11) is 1.61. The molecule has 0 aliphatic carbocycles. The van der Waals surface area contributed by atoms with Crippen LogP contribution in [-0.4, -0.2) is 49.8 Å². The van der Waals surface area contributed by atoms with E-state index in [2.05, 4.69) is 15.4 Å². The average Bonchev–Trinajstić information content (AvgIpc) is 2.88. The predicted molar refractivity (Wildman–Crippen MR) is 79.0 cm³/mol. The van der Waals surface area contributed by atoms with Crippen molar-refractivity contribution in [1.29, 1.82) is 0 Å². The zero-order valence-electron chi connectivity index (χ0n) is 12.3. The summed E-state index contributed by atoms with van der Waals surface area (Å²) in [5.74, 6) is -0.107. The molecule has 1 atom stereocenters. The Bertz CT molecular complexity index is 708. The molecule has 2 aromatic heterocycles. The maximum absolute atomic E-state index is 12.6. The van der Waals surface area contributed by atoms with Gasteiger partial charge in [0.1, 0.15) is 12.9 Å². The van der Waals surface area contributed by atoms with Crippen molar-refractivity contribution in [2.45, 2.75) is 12.6 Å². The topological polar surface area (TPSA) is 85.1 Å². The minimum Gasteiger partial charge on any atom is -0.331 e. The Balaban J connectivity index is 1.80. The molecule has 0 saturated carbocycles. The number of piperazine rings is 1. The van der Waals surface area contributed by atoms with Crippen LogP contribution in [0.5, 0.6) is 0 Å². The Hall–Kier alpha value is -2.48. The maximum atomic E-state index is 12.6. The lowest BCUT2D eigenvalue weighted by Gasteiger charge is -2.36. The molecular formula is C14H18N6O2. The molecule has 8 heteroatoms. The van der Waals surface area contributed by atoms with E-state index in [1.54, 1.807) is 24.3 Å². The first-order valence-electron chi connectivity index (χ1n) is 7.15. The summed E-state index contributed by atoms with van der Waals surface area (Å²) >= 11 is 0. The molecule has 116 valence electrons. The molecule has 1 aliphatic rings. The molecule has 8 nitrogen and oxygen atoms in total. The van der Waals surface area contributed by atoms with E-state index in [1.807, 2.05) is 12.1 Å². The molecule has 1 unspecified atom stereocenters. The molecule has 1 amide bonds. The number of hydrogen-bond donors (Lipinski definition) is 1. The van der Waals surface area contributed by atoms with Gasteiger partial charge < -0.3 is 10.2 Å². The van der Waals surface area contributed by atoms with E-state index < -0.39 is 0 Å². The van der Waals surface area contributed by atoms with Crippen LogP contribution in [-0.2, 0) is 18.4 Å². The summed E-state index contributed by atoms with van der Waals surface area (Å²) in [5.41, 5.74) is 0.743. The number of aromatic nitrogens is 4. The Morgan fingerprint density at radius 1 is 1.41 bits per heavy atom. The number of amides is 1. The lowest BCUT2D eigenvalue weighted by Crippen LogP contribution is -2.50. The van der Waals surface area contributed by atoms with E-state index in [9.17, 15) is 9.59 Å². The van der Waals surface area contributed by atoms with Gasteiger partial charge in [-0.3, -0.25) is 14.3 Å². The molecule has 3 rings (SSSR count). The minimum atomic E-state index is -0.288. The number of carbonyl (C=O) groups is 1. The Morgan fingerprint density at radius 3 is 2.86 bits per heavy atom. The molecule has 1 aliphatic heterocycles. The number of nitrogens with zero attached hydrogens (tertiary/aromatic N) is 5. The van der Waals surface area contributed by atoms with E-state index >= 15 is 0 Å². The van der Waals surface area contributed by atoms with E-state index in [0.29, 0.717) is 13.1 Å². The standard InChI is InChI=1S/C14H18N6O2/c1-18-10-17-20(14(18)22)9-13(21)19-7-6-16-8-12(19)11-2-4-15-5-3-11/h2-5,10,12,16H,6-9H2,1H3. The van der Waals surface area contributed by atoms with Crippen LogP contribution in [0.15, 0.2) is 35.6 Å². The first kappa shape index (κ1) is 14.5. The molecule has 0 bridgehead atoms. The Morgan fingerprint density at radius 2 is 2.18 bits per heavy atom. The summed E-state index contributed by atoms with van der Waals surface area (Å²) in [6.07, 6.45) is 4.85. The van der Waals surface area contributed by atoms with Gasteiger partial charge in [0.25, 0.3) is 0 Å². The molecule has 3 heterocycles. The zero-order valence-corrected chi connectivity index (χ0v) is 12.3. The summed E-state index contributed by atoms with van der Waals surface area (Å²) in [6.45, 7) is 1.99. The fraction of sp³-hybridized carbons (Fsp3) is 0.429. The smallest absolute Gasteiger partial charge is 0.331 e. The van der Waals surface area contributed by atoms with Gasteiger partial charge in [-0.25, -0.2) is 9.48 Å². The quantitative estimate of drug-likeness (QED) is 0.798. The van der Waals surface area contributed by atoms with Gasteiger partial charge in [0, 0.05) is 39.1 Å². The minimum absolute atomic E-state index is 0.0404. The third kappa shape index (κ3) is 2.77. The number of hydrogen-bond acceptors (Lipinski definition) is 5. The molecule has 1 N–H and O–H groups in total. The molecular weight excluding hydrogens is 284 g/mol. The number of carbonyl (C=O) groups excluding carboxylic acids is 1. The first-order chi connectivity index (χ1) is 10.7. The van der Waals surface area contributed by atoms with Gasteiger partial charge in [0.15, 0.2) is 0 Å². The third-order valence-corrected chi connectivity index (χ3v) is 3.83. The average molecular weight is 302 g/mol. The monoisotopic (exact) mass is 302 g/mol. The van der Waals surface area contributed by atoms with Crippen LogP contribution in [0.1, 0.15) is 11.6 Å². The van der Waals surface area contributed by atoms with Crippen molar-refractivity contribution in [3.8, 4) is 0 Å². The van der Waals surface area contributed by atoms with Crippen LogP contribution in [0, 0.1) is 0 Å². The molecule has 2 aromatic rings. The van der Waals surface area contributed by atoms with Gasteiger partial charge >= 0.3 is 5.69 Å². The lowest BCUT2D eigenvalue weighted by atomic mass is 10.0. The van der Waals surface area contributed by atoms with Gasteiger partial charge in [0.2, 0.25) is 5.91 Å². The highest BCUT2D eigenvalue weighted by atomic mass is 16.2. The zero-order chi connectivity index (χ0) is 15.5. The molecule has 0 aromatic carbocycles. The van der Waals surface area contributed by atoms with Crippen LogP contribution in [0.3, 0.4) is 0 Å². The van der Waals surface area contributed by atoms with Gasteiger partial charge in [-0.1, -0.05) is 0 Å². The highest BCUT2D eigenvalue weighted by Gasteiger charge is 2.28. The van der Waals surface area contributed by atoms with Crippen LogP contribution < -0.4 is 11.0 Å². The molecule has 1 saturated heterocycles. The van der Waals surface area contributed by atoms with Gasteiger partial charge in [-0.15, -0.1) is 0 Å². The summed E-state index contributed by atoms with van der Waals surface area (Å²) in [4.78, 5) is 30.2. The second-order valence-electron chi connectivity index (χ2n) is 5.27. The van der Waals surface area contributed by atoms with E-state index in [1.165, 1.54) is 15.6 Å². The highest BCUT2D eigenvalue weighted by molar-refractivity contribution is 5.76. The van der Waals surface area contributed by atoms with Crippen molar-refractivity contribution in [2.75, 3.05) is 19.6 Å². The van der Waals surface area contributed by atoms with Gasteiger partial charge in [0.05, 0.1) is 6.04 Å². The van der Waals surface area contributed by atoms with E-state index in [4.69, 9.17) is 0 Å². The predicted octanol–water partition coefficient (Wildman–Crippen LogP) is -0.850. The maximum Gasteiger partial charge on any atom is 0.345 e. The molecule has 22 heavy (non-hydrogen) atoms.